The molecule has 1 aliphatic rings. The number of halogens is 2. The third kappa shape index (κ3) is 6.34. The van der Waals surface area contributed by atoms with Crippen LogP contribution in [0, 0.1) is 12.8 Å². The molecule has 39 heavy (non-hydrogen) atoms. The van der Waals surface area contributed by atoms with Crippen LogP contribution in [0.15, 0.2) is 36.5 Å². The third-order valence-electron chi connectivity index (χ3n) is 6.12. The van der Waals surface area contributed by atoms with E-state index < -0.39 is 23.5 Å². The number of benzene rings is 1. The molecule has 1 unspecified atom stereocenters. The molecule has 10 nitrogen and oxygen atoms in total. The summed E-state index contributed by atoms with van der Waals surface area (Å²) in [7, 11) is 0. The molecular formula is C27H30Cl2N6O4. The molecule has 12 heteroatoms. The van der Waals surface area contributed by atoms with E-state index in [0.717, 1.165) is 22.4 Å². The number of hydrogen-bond acceptors (Lipinski definition) is 6. The van der Waals surface area contributed by atoms with Gasteiger partial charge >= 0.3 is 6.09 Å². The van der Waals surface area contributed by atoms with Gasteiger partial charge in [0.15, 0.2) is 11.6 Å². The summed E-state index contributed by atoms with van der Waals surface area (Å²) in [5.74, 6) is -0.743. The van der Waals surface area contributed by atoms with Crippen molar-refractivity contribution in [3.05, 3.63) is 63.4 Å². The number of carbonyl (C=O) groups is 3. The van der Waals surface area contributed by atoms with Crippen LogP contribution in [0.5, 0.6) is 0 Å². The van der Waals surface area contributed by atoms with Gasteiger partial charge in [0, 0.05) is 23.3 Å². The van der Waals surface area contributed by atoms with Crippen molar-refractivity contribution in [2.24, 2.45) is 11.7 Å². The number of carbonyl (C=O) groups excluding carboxylic acids is 3. The standard InChI is InChI=1S/C27H30Cl2N6O4/c1-14-11-17(28)12-18(25(37)32-15(2)16-8-9-16)22(14)34(26(38)39-27(3,4)5)21-13-20(23(30)36)35(33-21)24-19(29)7-6-10-31-24/h6-7,10-13,15-16H,8-9H2,1-5H3,(H2,30,36)(H,32,37). The van der Waals surface area contributed by atoms with Crippen molar-refractivity contribution < 1.29 is 19.1 Å². The molecule has 1 saturated carbocycles. The normalized spacial score (nSPS) is 14.0. The molecule has 1 aromatic carbocycles. The lowest BCUT2D eigenvalue weighted by atomic mass is 10.0. The smallest absolute Gasteiger partial charge is 0.420 e. The van der Waals surface area contributed by atoms with Gasteiger partial charge in [-0.15, -0.1) is 5.10 Å². The fraction of sp³-hybridized carbons (Fsp3) is 0.370. The number of rotatable bonds is 7. The molecule has 4 rings (SSSR count). The quantitative estimate of drug-likeness (QED) is 0.379. The zero-order valence-corrected chi connectivity index (χ0v) is 23.8. The van der Waals surface area contributed by atoms with E-state index in [0.29, 0.717) is 16.5 Å². The first-order valence-corrected chi connectivity index (χ1v) is 13.2. The van der Waals surface area contributed by atoms with Crippen molar-refractivity contribution in [2.75, 3.05) is 4.90 Å². The monoisotopic (exact) mass is 572 g/mol. The Morgan fingerprint density at radius 3 is 2.49 bits per heavy atom. The fourth-order valence-electron chi connectivity index (χ4n) is 4.16. The summed E-state index contributed by atoms with van der Waals surface area (Å²) in [5.41, 5.74) is 5.53. The van der Waals surface area contributed by atoms with Crippen molar-refractivity contribution in [3.63, 3.8) is 0 Å². The molecule has 1 aliphatic carbocycles. The van der Waals surface area contributed by atoms with Gasteiger partial charge < -0.3 is 15.8 Å². The maximum atomic E-state index is 13.7. The molecule has 1 atom stereocenters. The number of aryl methyl sites for hydroxylation is 1. The van der Waals surface area contributed by atoms with Gasteiger partial charge in [-0.05, 0) is 83.2 Å². The van der Waals surface area contributed by atoms with E-state index in [1.165, 1.54) is 18.3 Å². The Bertz CT molecular complexity index is 1440. The summed E-state index contributed by atoms with van der Waals surface area (Å²) in [6.07, 6.45) is 2.73. The van der Waals surface area contributed by atoms with Gasteiger partial charge in [0.05, 0.1) is 16.3 Å². The minimum absolute atomic E-state index is 0.0329. The Hall–Kier alpha value is -3.63. The maximum absolute atomic E-state index is 13.7. The van der Waals surface area contributed by atoms with Crippen LogP contribution in [0.4, 0.5) is 16.3 Å². The number of nitrogens with two attached hydrogens (primary N) is 1. The Kier molecular flexibility index (Phi) is 7.90. The molecular weight excluding hydrogens is 543 g/mol. The predicted molar refractivity (Wildman–Crippen MR) is 149 cm³/mol. The number of primary amides is 1. The third-order valence-corrected chi connectivity index (χ3v) is 6.63. The Balaban J connectivity index is 1.92. The number of ether oxygens (including phenoxy) is 1. The van der Waals surface area contributed by atoms with E-state index in [9.17, 15) is 14.4 Å². The highest BCUT2D eigenvalue weighted by atomic mass is 35.5. The van der Waals surface area contributed by atoms with Crippen LogP contribution in [-0.4, -0.2) is 44.3 Å². The average molecular weight is 573 g/mol. The van der Waals surface area contributed by atoms with Crippen LogP contribution in [0.1, 0.15) is 66.9 Å². The number of pyridine rings is 1. The van der Waals surface area contributed by atoms with Crippen LogP contribution in [0.2, 0.25) is 10.0 Å². The first-order chi connectivity index (χ1) is 18.3. The molecule has 0 saturated heterocycles. The highest BCUT2D eigenvalue weighted by Gasteiger charge is 2.35. The first-order valence-electron chi connectivity index (χ1n) is 12.4. The van der Waals surface area contributed by atoms with Crippen LogP contribution >= 0.6 is 23.2 Å². The number of aromatic nitrogens is 3. The summed E-state index contributed by atoms with van der Waals surface area (Å²) < 4.78 is 6.86. The van der Waals surface area contributed by atoms with Gasteiger partial charge in [-0.2, -0.15) is 0 Å². The number of anilines is 2. The summed E-state index contributed by atoms with van der Waals surface area (Å²) in [5, 5.41) is 8.01. The second-order valence-corrected chi connectivity index (χ2v) is 11.4. The van der Waals surface area contributed by atoms with Crippen LogP contribution in [0.25, 0.3) is 5.82 Å². The highest BCUT2D eigenvalue weighted by molar-refractivity contribution is 6.32. The van der Waals surface area contributed by atoms with Crippen molar-refractivity contribution in [3.8, 4) is 5.82 Å². The first kappa shape index (κ1) is 28.4. The topological polar surface area (TPSA) is 132 Å². The van der Waals surface area contributed by atoms with E-state index in [1.54, 1.807) is 45.9 Å². The molecule has 0 bridgehead atoms. The highest BCUT2D eigenvalue weighted by Crippen LogP contribution is 2.37. The van der Waals surface area contributed by atoms with E-state index in [-0.39, 0.29) is 39.6 Å². The van der Waals surface area contributed by atoms with Crippen LogP contribution in [0.3, 0.4) is 0 Å². The van der Waals surface area contributed by atoms with Crippen molar-refractivity contribution in [1.29, 1.82) is 0 Å². The number of nitrogens with zero attached hydrogens (tertiary/aromatic N) is 4. The van der Waals surface area contributed by atoms with Gasteiger partial charge in [-0.1, -0.05) is 23.2 Å². The second-order valence-electron chi connectivity index (χ2n) is 10.5. The Morgan fingerprint density at radius 2 is 1.90 bits per heavy atom. The summed E-state index contributed by atoms with van der Waals surface area (Å²) in [6.45, 7) is 8.79. The summed E-state index contributed by atoms with van der Waals surface area (Å²) >= 11 is 12.7. The van der Waals surface area contributed by atoms with Gasteiger partial charge in [0.1, 0.15) is 11.3 Å². The lowest BCUT2D eigenvalue weighted by molar-refractivity contribution is 0.0597. The molecule has 2 aromatic heterocycles. The lowest BCUT2D eigenvalue weighted by Crippen LogP contribution is -2.38. The summed E-state index contributed by atoms with van der Waals surface area (Å²) in [4.78, 5) is 45.0. The van der Waals surface area contributed by atoms with Crippen LogP contribution in [-0.2, 0) is 4.74 Å². The molecule has 3 aromatic rings. The van der Waals surface area contributed by atoms with E-state index in [4.69, 9.17) is 33.7 Å². The van der Waals surface area contributed by atoms with E-state index in [2.05, 4.69) is 15.4 Å². The number of amides is 3. The van der Waals surface area contributed by atoms with Crippen molar-refractivity contribution in [1.82, 2.24) is 20.1 Å². The maximum Gasteiger partial charge on any atom is 0.420 e. The zero-order chi connectivity index (χ0) is 28.6. The number of nitrogens with one attached hydrogen (secondary N) is 1. The average Bonchev–Trinajstić information content (AvgIpc) is 3.59. The summed E-state index contributed by atoms with van der Waals surface area (Å²) in [6, 6.07) is 7.56. The van der Waals surface area contributed by atoms with Crippen molar-refractivity contribution in [2.45, 2.75) is 59.1 Å². The van der Waals surface area contributed by atoms with Crippen LogP contribution < -0.4 is 16.0 Å². The SMILES string of the molecule is Cc1cc(Cl)cc(C(=O)NC(C)C2CC2)c1N(C(=O)OC(C)(C)C)c1cc(C(N)=O)n(-c2ncccc2Cl)n1. The molecule has 0 aliphatic heterocycles. The Morgan fingerprint density at radius 1 is 1.21 bits per heavy atom. The van der Waals surface area contributed by atoms with Gasteiger partial charge in [-0.3, -0.25) is 9.59 Å². The molecule has 3 N–H and O–H groups in total. The van der Waals surface area contributed by atoms with Gasteiger partial charge in [-0.25, -0.2) is 19.4 Å². The molecule has 0 radical (unpaired) electrons. The van der Waals surface area contributed by atoms with E-state index >= 15 is 0 Å². The van der Waals surface area contributed by atoms with Crippen molar-refractivity contribution >= 4 is 52.6 Å². The van der Waals surface area contributed by atoms with Gasteiger partial charge in [0.2, 0.25) is 0 Å². The molecule has 1 fully saturated rings. The van der Waals surface area contributed by atoms with Gasteiger partial charge in [0.25, 0.3) is 11.8 Å². The molecule has 2 heterocycles. The molecule has 3 amide bonds. The minimum atomic E-state index is -0.891. The Labute approximate surface area is 236 Å². The van der Waals surface area contributed by atoms with E-state index in [1.807, 2.05) is 6.92 Å². The second kappa shape index (κ2) is 10.9. The zero-order valence-electron chi connectivity index (χ0n) is 22.3. The fourth-order valence-corrected chi connectivity index (χ4v) is 4.63. The molecule has 206 valence electrons. The lowest BCUT2D eigenvalue weighted by Gasteiger charge is -2.28. The predicted octanol–water partition coefficient (Wildman–Crippen LogP) is 5.58. The minimum Gasteiger partial charge on any atom is -0.443 e. The molecule has 0 spiro atoms. The number of hydrogen-bond donors (Lipinski definition) is 2. The largest absolute Gasteiger partial charge is 0.443 e.